The summed E-state index contributed by atoms with van der Waals surface area (Å²) in [5.74, 6) is 0.337. The van der Waals surface area contributed by atoms with Crippen LogP contribution in [0.4, 0.5) is 0 Å². The third kappa shape index (κ3) is 5.36. The smallest absolute Gasteiger partial charge is 0.115 e. The zero-order valence-electron chi connectivity index (χ0n) is 18.3. The van der Waals surface area contributed by atoms with Crippen molar-refractivity contribution in [2.45, 2.75) is 39.0 Å². The summed E-state index contributed by atoms with van der Waals surface area (Å²) in [5, 5.41) is 14.3. The van der Waals surface area contributed by atoms with E-state index in [1.54, 1.807) is 12.1 Å². The number of para-hydroxylation sites is 1. The largest absolute Gasteiger partial charge is 0.508 e. The van der Waals surface area contributed by atoms with Gasteiger partial charge in [0, 0.05) is 16.6 Å². The molecule has 0 amide bonds. The van der Waals surface area contributed by atoms with Crippen molar-refractivity contribution in [3.05, 3.63) is 89.5 Å². The number of benzene rings is 3. The standard InChI is InChI=1S/C28H32N2O/c1-2-21-9-7-10-23(20-21)28-26(25-11-3-4-12-27(25)30-28)17-19-29-18-6-5-8-22-13-15-24(31)16-14-22/h3-4,7,9-16,20,29-31H,2,5-6,8,17-19H2,1H3. The highest BCUT2D eigenvalue weighted by Crippen LogP contribution is 2.31. The quantitative estimate of drug-likeness (QED) is 0.269. The van der Waals surface area contributed by atoms with Gasteiger partial charge in [-0.25, -0.2) is 0 Å². The molecule has 0 aliphatic rings. The van der Waals surface area contributed by atoms with Gasteiger partial charge in [-0.1, -0.05) is 55.5 Å². The SMILES string of the molecule is CCc1cccc(-c2[nH]c3ccccc3c2CCNCCCCc2ccc(O)cc2)c1. The maximum atomic E-state index is 9.38. The summed E-state index contributed by atoms with van der Waals surface area (Å²) < 4.78 is 0. The molecular formula is C28H32N2O. The molecule has 3 N–H and O–H groups in total. The van der Waals surface area contributed by atoms with Crippen molar-refractivity contribution >= 4 is 10.9 Å². The number of fused-ring (bicyclic) bond motifs is 1. The van der Waals surface area contributed by atoms with E-state index in [0.29, 0.717) is 5.75 Å². The van der Waals surface area contributed by atoms with Crippen LogP contribution in [0.15, 0.2) is 72.8 Å². The molecule has 0 radical (unpaired) electrons. The van der Waals surface area contributed by atoms with Crippen molar-refractivity contribution in [2.24, 2.45) is 0 Å². The van der Waals surface area contributed by atoms with Crippen LogP contribution >= 0.6 is 0 Å². The first-order chi connectivity index (χ1) is 15.2. The van der Waals surface area contributed by atoms with E-state index in [9.17, 15) is 5.11 Å². The fourth-order valence-electron chi connectivity index (χ4n) is 4.23. The summed E-state index contributed by atoms with van der Waals surface area (Å²) in [4.78, 5) is 3.67. The minimum absolute atomic E-state index is 0.337. The molecule has 0 fully saturated rings. The number of nitrogens with one attached hydrogen (secondary N) is 2. The molecule has 3 nitrogen and oxygen atoms in total. The number of phenols is 1. The van der Waals surface area contributed by atoms with Crippen LogP contribution in [0.5, 0.6) is 5.75 Å². The predicted molar refractivity (Wildman–Crippen MR) is 131 cm³/mol. The molecule has 160 valence electrons. The van der Waals surface area contributed by atoms with Crippen LogP contribution in [-0.4, -0.2) is 23.2 Å². The lowest BCUT2D eigenvalue weighted by Crippen LogP contribution is -2.18. The Morgan fingerprint density at radius 2 is 1.65 bits per heavy atom. The van der Waals surface area contributed by atoms with Gasteiger partial charge >= 0.3 is 0 Å². The van der Waals surface area contributed by atoms with E-state index in [4.69, 9.17) is 0 Å². The van der Waals surface area contributed by atoms with Crippen LogP contribution in [-0.2, 0) is 19.3 Å². The average molecular weight is 413 g/mol. The second-order valence-corrected chi connectivity index (χ2v) is 8.20. The lowest BCUT2D eigenvalue weighted by molar-refractivity contribution is 0.475. The molecule has 0 saturated heterocycles. The van der Waals surface area contributed by atoms with Crippen LogP contribution in [0.1, 0.15) is 36.5 Å². The topological polar surface area (TPSA) is 48.0 Å². The van der Waals surface area contributed by atoms with E-state index in [1.165, 1.54) is 38.9 Å². The highest BCUT2D eigenvalue weighted by Gasteiger charge is 2.13. The Labute approximate surface area is 185 Å². The number of unbranched alkanes of at least 4 members (excludes halogenated alkanes) is 1. The molecule has 3 heteroatoms. The number of rotatable bonds is 10. The van der Waals surface area contributed by atoms with Crippen LogP contribution in [0, 0.1) is 0 Å². The highest BCUT2D eigenvalue weighted by molar-refractivity contribution is 5.90. The van der Waals surface area contributed by atoms with E-state index in [-0.39, 0.29) is 0 Å². The van der Waals surface area contributed by atoms with Crippen LogP contribution in [0.25, 0.3) is 22.2 Å². The van der Waals surface area contributed by atoms with Crippen molar-refractivity contribution in [1.29, 1.82) is 0 Å². The summed E-state index contributed by atoms with van der Waals surface area (Å²) >= 11 is 0. The van der Waals surface area contributed by atoms with Gasteiger partial charge < -0.3 is 15.4 Å². The normalized spacial score (nSPS) is 11.3. The first kappa shape index (κ1) is 21.2. The number of aryl methyl sites for hydroxylation is 2. The minimum atomic E-state index is 0.337. The molecule has 31 heavy (non-hydrogen) atoms. The Hall–Kier alpha value is -3.04. The molecule has 0 bridgehead atoms. The maximum absolute atomic E-state index is 9.38. The average Bonchev–Trinajstić information content (AvgIpc) is 3.18. The van der Waals surface area contributed by atoms with Gasteiger partial charge in [0.1, 0.15) is 5.75 Å². The van der Waals surface area contributed by atoms with E-state index in [0.717, 1.165) is 45.2 Å². The molecular weight excluding hydrogens is 380 g/mol. The molecule has 3 aromatic carbocycles. The second kappa shape index (κ2) is 10.3. The lowest BCUT2D eigenvalue weighted by Gasteiger charge is -2.09. The molecule has 0 atom stereocenters. The number of hydrogen-bond donors (Lipinski definition) is 3. The number of phenolic OH excluding ortho intramolecular Hbond substituents is 1. The predicted octanol–water partition coefficient (Wildman–Crippen LogP) is 6.26. The Kier molecular flexibility index (Phi) is 7.06. The summed E-state index contributed by atoms with van der Waals surface area (Å²) in [6, 6.07) is 25.1. The van der Waals surface area contributed by atoms with Gasteiger partial charge in [0.2, 0.25) is 0 Å². The highest BCUT2D eigenvalue weighted by atomic mass is 16.3. The molecule has 1 aromatic heterocycles. The molecule has 0 spiro atoms. The molecule has 0 saturated carbocycles. The Bertz CT molecular complexity index is 1110. The van der Waals surface area contributed by atoms with Crippen LogP contribution < -0.4 is 5.32 Å². The number of aromatic amines is 1. The zero-order valence-corrected chi connectivity index (χ0v) is 18.3. The van der Waals surface area contributed by atoms with Crippen molar-refractivity contribution in [3.8, 4) is 17.0 Å². The van der Waals surface area contributed by atoms with Gasteiger partial charge in [-0.3, -0.25) is 0 Å². The van der Waals surface area contributed by atoms with E-state index >= 15 is 0 Å². The van der Waals surface area contributed by atoms with Crippen LogP contribution in [0.2, 0.25) is 0 Å². The van der Waals surface area contributed by atoms with Gasteiger partial charge in [0.05, 0.1) is 0 Å². The van der Waals surface area contributed by atoms with Crippen LogP contribution in [0.3, 0.4) is 0 Å². The minimum Gasteiger partial charge on any atom is -0.508 e. The lowest BCUT2D eigenvalue weighted by atomic mass is 10.0. The van der Waals surface area contributed by atoms with Gasteiger partial charge in [-0.15, -0.1) is 0 Å². The van der Waals surface area contributed by atoms with Gasteiger partial charge in [-0.2, -0.15) is 0 Å². The van der Waals surface area contributed by atoms with E-state index in [2.05, 4.69) is 65.8 Å². The summed E-state index contributed by atoms with van der Waals surface area (Å²) in [6.45, 7) is 4.21. The Morgan fingerprint density at radius 1 is 0.806 bits per heavy atom. The Balaban J connectivity index is 1.35. The molecule has 0 unspecified atom stereocenters. The van der Waals surface area contributed by atoms with Crippen molar-refractivity contribution in [1.82, 2.24) is 10.3 Å². The summed E-state index contributed by atoms with van der Waals surface area (Å²) in [6.07, 6.45) is 5.42. The third-order valence-electron chi connectivity index (χ3n) is 5.99. The van der Waals surface area contributed by atoms with E-state index < -0.39 is 0 Å². The van der Waals surface area contributed by atoms with Crippen molar-refractivity contribution < 1.29 is 5.11 Å². The molecule has 0 aliphatic heterocycles. The van der Waals surface area contributed by atoms with Gasteiger partial charge in [-0.05, 0) is 91.7 Å². The monoisotopic (exact) mass is 412 g/mol. The van der Waals surface area contributed by atoms with Gasteiger partial charge in [0.25, 0.3) is 0 Å². The number of aromatic nitrogens is 1. The fraction of sp³-hybridized carbons (Fsp3) is 0.286. The molecule has 4 aromatic rings. The summed E-state index contributed by atoms with van der Waals surface area (Å²) in [7, 11) is 0. The first-order valence-corrected chi connectivity index (χ1v) is 11.4. The second-order valence-electron chi connectivity index (χ2n) is 8.20. The van der Waals surface area contributed by atoms with Gasteiger partial charge in [0.15, 0.2) is 0 Å². The fourth-order valence-corrected chi connectivity index (χ4v) is 4.23. The zero-order chi connectivity index (χ0) is 21.5. The first-order valence-electron chi connectivity index (χ1n) is 11.4. The summed E-state index contributed by atoms with van der Waals surface area (Å²) in [5.41, 5.74) is 7.80. The molecule has 4 rings (SSSR count). The number of hydrogen-bond acceptors (Lipinski definition) is 2. The molecule has 1 heterocycles. The Morgan fingerprint density at radius 3 is 2.48 bits per heavy atom. The third-order valence-corrected chi connectivity index (χ3v) is 5.99. The molecule has 0 aliphatic carbocycles. The number of H-pyrrole nitrogens is 1. The van der Waals surface area contributed by atoms with Crippen molar-refractivity contribution in [3.63, 3.8) is 0 Å². The maximum Gasteiger partial charge on any atom is 0.115 e. The van der Waals surface area contributed by atoms with E-state index in [1.807, 2.05) is 12.1 Å². The number of aromatic hydroxyl groups is 1. The van der Waals surface area contributed by atoms with Crippen molar-refractivity contribution in [2.75, 3.05) is 13.1 Å².